The zero-order chi connectivity index (χ0) is 13.5. The van der Waals surface area contributed by atoms with Crippen LogP contribution in [0, 0.1) is 13.8 Å². The fraction of sp³-hybridized carbons (Fsp3) is 0.143. The highest BCUT2D eigenvalue weighted by Crippen LogP contribution is 2.53. The highest BCUT2D eigenvalue weighted by atomic mass is 33.8. The van der Waals surface area contributed by atoms with E-state index in [2.05, 4.69) is 62.4 Å². The van der Waals surface area contributed by atoms with Gasteiger partial charge in [0.15, 0.2) is 0 Å². The van der Waals surface area contributed by atoms with Gasteiger partial charge in [0.25, 0.3) is 0 Å². The first-order chi connectivity index (χ1) is 9.27. The van der Waals surface area contributed by atoms with Crippen LogP contribution in [-0.4, -0.2) is 0 Å². The minimum absolute atomic E-state index is 1.34. The van der Waals surface area contributed by atoms with Crippen LogP contribution < -0.4 is 0 Å². The molecular formula is C14H14S5. The van der Waals surface area contributed by atoms with E-state index in [1.54, 1.807) is 0 Å². The predicted octanol–water partition coefficient (Wildman–Crippen LogP) is 7.05. The van der Waals surface area contributed by atoms with Gasteiger partial charge in [-0.15, -0.1) is 0 Å². The molecule has 0 unspecified atom stereocenters. The van der Waals surface area contributed by atoms with Crippen molar-refractivity contribution in [3.63, 3.8) is 0 Å². The van der Waals surface area contributed by atoms with Crippen LogP contribution in [0.25, 0.3) is 0 Å². The molecule has 2 rings (SSSR count). The van der Waals surface area contributed by atoms with E-state index in [4.69, 9.17) is 0 Å². The monoisotopic (exact) mass is 342 g/mol. The van der Waals surface area contributed by atoms with Crippen molar-refractivity contribution in [3.8, 4) is 0 Å². The molecule has 0 aromatic heterocycles. The van der Waals surface area contributed by atoms with E-state index in [1.165, 1.54) is 20.9 Å². The Hall–Kier alpha value is 0.190. The Balaban J connectivity index is 1.71. The Morgan fingerprint density at radius 3 is 1.42 bits per heavy atom. The number of hydrogen-bond donors (Lipinski definition) is 0. The summed E-state index contributed by atoms with van der Waals surface area (Å²) in [5.41, 5.74) is 2.69. The van der Waals surface area contributed by atoms with Crippen molar-refractivity contribution >= 4 is 51.1 Å². The first kappa shape index (κ1) is 15.6. The molecule has 0 spiro atoms. The lowest BCUT2D eigenvalue weighted by atomic mass is 10.2. The minimum Gasteiger partial charge on any atom is -0.0619 e. The second-order valence-electron chi connectivity index (χ2n) is 3.90. The maximum Gasteiger partial charge on any atom is 0.0220 e. The Morgan fingerprint density at radius 2 is 1.00 bits per heavy atom. The second kappa shape index (κ2) is 8.47. The van der Waals surface area contributed by atoms with Crippen molar-refractivity contribution in [2.24, 2.45) is 0 Å². The van der Waals surface area contributed by atoms with Crippen molar-refractivity contribution in [2.75, 3.05) is 0 Å². The molecule has 0 nitrogen and oxygen atoms in total. The molecule has 5 heteroatoms. The van der Waals surface area contributed by atoms with Crippen molar-refractivity contribution in [1.82, 2.24) is 0 Å². The SMILES string of the molecule is Cc1ccccc1SSSSSc1ccccc1C. The highest BCUT2D eigenvalue weighted by molar-refractivity contribution is 9.35. The van der Waals surface area contributed by atoms with Crippen LogP contribution in [-0.2, 0) is 0 Å². The Kier molecular flexibility index (Phi) is 6.94. The van der Waals surface area contributed by atoms with Gasteiger partial charge < -0.3 is 0 Å². The van der Waals surface area contributed by atoms with Gasteiger partial charge in [-0.3, -0.25) is 0 Å². The number of benzene rings is 2. The molecule has 0 amide bonds. The van der Waals surface area contributed by atoms with Gasteiger partial charge in [0.1, 0.15) is 0 Å². The van der Waals surface area contributed by atoms with Gasteiger partial charge in [-0.1, -0.05) is 36.4 Å². The summed E-state index contributed by atoms with van der Waals surface area (Å²) in [5.74, 6) is 0. The average molecular weight is 343 g/mol. The van der Waals surface area contributed by atoms with Crippen molar-refractivity contribution < 1.29 is 0 Å². The molecule has 0 heterocycles. The Bertz CT molecular complexity index is 479. The smallest absolute Gasteiger partial charge is 0.0220 e. The lowest BCUT2D eigenvalue weighted by molar-refractivity contribution is 1.31. The molecule has 0 bridgehead atoms. The third-order valence-electron chi connectivity index (χ3n) is 2.49. The Labute approximate surface area is 133 Å². The van der Waals surface area contributed by atoms with Crippen LogP contribution in [0.5, 0.6) is 0 Å². The highest BCUT2D eigenvalue weighted by Gasteiger charge is 2.02. The van der Waals surface area contributed by atoms with E-state index >= 15 is 0 Å². The summed E-state index contributed by atoms with van der Waals surface area (Å²) in [5, 5.41) is 0. The molecule has 0 radical (unpaired) electrons. The second-order valence-corrected chi connectivity index (χ2v) is 11.4. The van der Waals surface area contributed by atoms with E-state index in [1.807, 2.05) is 51.1 Å². The quantitative estimate of drug-likeness (QED) is 0.406. The molecule has 0 aliphatic rings. The van der Waals surface area contributed by atoms with Gasteiger partial charge in [-0.05, 0) is 88.2 Å². The van der Waals surface area contributed by atoms with Gasteiger partial charge in [0.2, 0.25) is 0 Å². The standard InChI is InChI=1S/C14H14S5/c1-11-7-3-5-9-13(11)15-17-19-18-16-14-10-6-4-8-12(14)2/h3-10H,1-2H3. The molecule has 0 N–H and O–H groups in total. The molecule has 0 saturated carbocycles. The molecule has 0 aliphatic carbocycles. The fourth-order valence-electron chi connectivity index (χ4n) is 1.41. The molecule has 0 atom stereocenters. The van der Waals surface area contributed by atoms with Crippen LogP contribution >= 0.6 is 51.1 Å². The summed E-state index contributed by atoms with van der Waals surface area (Å²) in [6.07, 6.45) is 0. The largest absolute Gasteiger partial charge is 0.0619 e. The van der Waals surface area contributed by atoms with Gasteiger partial charge in [0.05, 0.1) is 0 Å². The molecule has 2 aromatic carbocycles. The molecule has 19 heavy (non-hydrogen) atoms. The van der Waals surface area contributed by atoms with Crippen molar-refractivity contribution in [2.45, 2.75) is 23.6 Å². The van der Waals surface area contributed by atoms with Gasteiger partial charge in [-0.25, -0.2) is 0 Å². The average Bonchev–Trinajstić information content (AvgIpc) is 2.42. The summed E-state index contributed by atoms with van der Waals surface area (Å²) in [6, 6.07) is 17.0. The third kappa shape index (κ3) is 5.23. The summed E-state index contributed by atoms with van der Waals surface area (Å²) in [4.78, 5) is 2.70. The Morgan fingerprint density at radius 1 is 0.579 bits per heavy atom. The maximum atomic E-state index is 2.17. The van der Waals surface area contributed by atoms with Crippen LogP contribution in [0.4, 0.5) is 0 Å². The van der Waals surface area contributed by atoms with E-state index < -0.39 is 0 Å². The molecule has 0 saturated heterocycles. The van der Waals surface area contributed by atoms with Crippen LogP contribution in [0.15, 0.2) is 58.3 Å². The minimum atomic E-state index is 1.34. The normalized spacial score (nSPS) is 10.6. The first-order valence-corrected chi connectivity index (χ1v) is 11.9. The summed E-state index contributed by atoms with van der Waals surface area (Å²) < 4.78 is 0. The molecule has 2 aromatic rings. The topological polar surface area (TPSA) is 0 Å². The van der Waals surface area contributed by atoms with E-state index in [0.29, 0.717) is 0 Å². The zero-order valence-electron chi connectivity index (χ0n) is 10.7. The molecule has 0 aliphatic heterocycles. The maximum absolute atomic E-state index is 2.17. The van der Waals surface area contributed by atoms with E-state index in [0.717, 1.165) is 0 Å². The van der Waals surface area contributed by atoms with Gasteiger partial charge in [0, 0.05) is 9.79 Å². The van der Waals surface area contributed by atoms with E-state index in [9.17, 15) is 0 Å². The number of rotatable bonds is 6. The van der Waals surface area contributed by atoms with E-state index in [-0.39, 0.29) is 0 Å². The fourth-order valence-corrected chi connectivity index (χ4v) is 10.1. The van der Waals surface area contributed by atoms with Crippen LogP contribution in [0.3, 0.4) is 0 Å². The summed E-state index contributed by atoms with van der Waals surface area (Å²) >= 11 is 0. The zero-order valence-corrected chi connectivity index (χ0v) is 14.7. The molecular weight excluding hydrogens is 328 g/mol. The predicted molar refractivity (Wildman–Crippen MR) is 96.8 cm³/mol. The molecule has 0 fully saturated rings. The lowest BCUT2D eigenvalue weighted by Gasteiger charge is -2.04. The van der Waals surface area contributed by atoms with Gasteiger partial charge in [-0.2, -0.15) is 0 Å². The van der Waals surface area contributed by atoms with Crippen LogP contribution in [0.2, 0.25) is 0 Å². The lowest BCUT2D eigenvalue weighted by Crippen LogP contribution is -1.74. The summed E-state index contributed by atoms with van der Waals surface area (Å²) in [7, 11) is 9.13. The van der Waals surface area contributed by atoms with Crippen molar-refractivity contribution in [3.05, 3.63) is 59.7 Å². The summed E-state index contributed by atoms with van der Waals surface area (Å²) in [6.45, 7) is 4.31. The van der Waals surface area contributed by atoms with Crippen molar-refractivity contribution in [1.29, 1.82) is 0 Å². The number of aryl methyl sites for hydroxylation is 2. The first-order valence-electron chi connectivity index (χ1n) is 5.73. The molecule has 100 valence electrons. The number of hydrogen-bond acceptors (Lipinski definition) is 5. The van der Waals surface area contributed by atoms with Crippen LogP contribution in [0.1, 0.15) is 11.1 Å². The van der Waals surface area contributed by atoms with Gasteiger partial charge >= 0.3 is 0 Å². The third-order valence-corrected chi connectivity index (χ3v) is 11.1.